The van der Waals surface area contributed by atoms with Gasteiger partial charge in [-0.1, -0.05) is 6.92 Å². The van der Waals surface area contributed by atoms with Gasteiger partial charge in [-0.15, -0.1) is 0 Å². The summed E-state index contributed by atoms with van der Waals surface area (Å²) in [6.45, 7) is 1.27. The van der Waals surface area contributed by atoms with E-state index in [1.807, 2.05) is 0 Å². The Morgan fingerprint density at radius 2 is 2.06 bits per heavy atom. The molecule has 0 spiro atoms. The average molecular weight is 270 g/mol. The number of nitrogens with one attached hydrogen (secondary N) is 1. The van der Waals surface area contributed by atoms with Gasteiger partial charge in [-0.05, 0) is 12.5 Å². The second-order valence-corrected chi connectivity index (χ2v) is 5.35. The lowest BCUT2D eigenvalue weighted by molar-refractivity contribution is -0.151. The Balaban J connectivity index is 2.94. The summed E-state index contributed by atoms with van der Waals surface area (Å²) in [5.74, 6) is 0. The van der Waals surface area contributed by atoms with Crippen molar-refractivity contribution < 1.29 is 21.6 Å². The second kappa shape index (κ2) is 4.69. The van der Waals surface area contributed by atoms with Gasteiger partial charge in [0.25, 0.3) is 0 Å². The van der Waals surface area contributed by atoms with Gasteiger partial charge in [-0.2, -0.15) is 17.9 Å². The smallest absolute Gasteiger partial charge is 0.356 e. The van der Waals surface area contributed by atoms with E-state index in [-0.39, 0.29) is 11.3 Å². The lowest BCUT2D eigenvalue weighted by Gasteiger charge is -2.19. The number of aryl methyl sites for hydroxylation is 1. The highest BCUT2D eigenvalue weighted by Gasteiger charge is 2.41. The van der Waals surface area contributed by atoms with E-state index in [4.69, 9.17) is 0 Å². The summed E-state index contributed by atoms with van der Waals surface area (Å²) in [4.78, 5) is -0.178. The number of alkyl halides is 3. The molecule has 1 N–H and O–H groups in total. The molecule has 0 aliphatic heterocycles. The Kier molecular flexibility index (Phi) is 3.88. The molecule has 0 bridgehead atoms. The lowest BCUT2D eigenvalue weighted by Crippen LogP contribution is -2.44. The predicted octanol–water partition coefficient (Wildman–Crippen LogP) is 1.64. The molecular formula is C9H13F3N2O2S. The maximum atomic E-state index is 12.4. The molecule has 0 fully saturated rings. The van der Waals surface area contributed by atoms with Crippen molar-refractivity contribution in [2.75, 3.05) is 0 Å². The molecule has 0 saturated carbocycles. The zero-order valence-corrected chi connectivity index (χ0v) is 10.1. The van der Waals surface area contributed by atoms with Crippen LogP contribution in [0.2, 0.25) is 0 Å². The first-order chi connectivity index (χ1) is 7.66. The van der Waals surface area contributed by atoms with Crippen LogP contribution in [0.5, 0.6) is 0 Å². The molecule has 1 aromatic rings. The molecule has 0 saturated heterocycles. The SMILES string of the molecule is CC[C@H](NS(=O)(=O)c1ccn(C)c1)C(F)(F)F. The molecule has 8 heteroatoms. The maximum absolute atomic E-state index is 12.4. The minimum Gasteiger partial charge on any atom is -0.356 e. The predicted molar refractivity (Wildman–Crippen MR) is 55.9 cm³/mol. The van der Waals surface area contributed by atoms with Gasteiger partial charge >= 0.3 is 6.18 Å². The number of nitrogens with zero attached hydrogens (tertiary/aromatic N) is 1. The van der Waals surface area contributed by atoms with Crippen LogP contribution < -0.4 is 4.72 Å². The van der Waals surface area contributed by atoms with E-state index in [1.54, 1.807) is 11.8 Å². The molecule has 1 aromatic heterocycles. The molecule has 0 aromatic carbocycles. The minimum absolute atomic E-state index is 0.178. The van der Waals surface area contributed by atoms with Crippen molar-refractivity contribution in [3.63, 3.8) is 0 Å². The zero-order valence-electron chi connectivity index (χ0n) is 9.32. The van der Waals surface area contributed by atoms with E-state index in [0.29, 0.717) is 0 Å². The standard InChI is InChI=1S/C9H13F3N2O2S/c1-3-8(9(10,11)12)13-17(15,16)7-4-5-14(2)6-7/h4-6,8,13H,3H2,1-2H3/t8-/m0/s1. The Hall–Kier alpha value is -1.02. The molecule has 0 unspecified atom stereocenters. The number of aromatic nitrogens is 1. The van der Waals surface area contributed by atoms with Crippen molar-refractivity contribution >= 4 is 10.0 Å². The first-order valence-corrected chi connectivity index (χ1v) is 6.36. The number of sulfonamides is 1. The molecule has 0 radical (unpaired) electrons. The second-order valence-electron chi connectivity index (χ2n) is 3.64. The molecule has 0 aliphatic carbocycles. The third-order valence-corrected chi connectivity index (χ3v) is 3.67. The number of hydrogen-bond donors (Lipinski definition) is 1. The van der Waals surface area contributed by atoms with Crippen molar-refractivity contribution in [3.05, 3.63) is 18.5 Å². The molecule has 0 aliphatic rings. The number of hydrogen-bond acceptors (Lipinski definition) is 2. The zero-order chi connectivity index (χ0) is 13.3. The Bertz CT molecular complexity index is 479. The Morgan fingerprint density at radius 1 is 1.47 bits per heavy atom. The van der Waals surface area contributed by atoms with Gasteiger partial charge < -0.3 is 4.57 Å². The van der Waals surface area contributed by atoms with Gasteiger partial charge in [-0.25, -0.2) is 8.42 Å². The Labute approximate surface area is 97.5 Å². The van der Waals surface area contributed by atoms with Crippen molar-refractivity contribution in [2.24, 2.45) is 7.05 Å². The van der Waals surface area contributed by atoms with Crippen LogP contribution in [0.15, 0.2) is 23.4 Å². The van der Waals surface area contributed by atoms with Crippen LogP contribution in [0, 0.1) is 0 Å². The molecular weight excluding hydrogens is 257 g/mol. The minimum atomic E-state index is -4.59. The van der Waals surface area contributed by atoms with Crippen LogP contribution in [0.4, 0.5) is 13.2 Å². The largest absolute Gasteiger partial charge is 0.404 e. The third kappa shape index (κ3) is 3.47. The van der Waals surface area contributed by atoms with Crippen molar-refractivity contribution in [1.29, 1.82) is 0 Å². The first kappa shape index (κ1) is 14.0. The fourth-order valence-corrected chi connectivity index (χ4v) is 2.63. The molecule has 17 heavy (non-hydrogen) atoms. The van der Waals surface area contributed by atoms with E-state index in [9.17, 15) is 21.6 Å². The van der Waals surface area contributed by atoms with Crippen molar-refractivity contribution in [3.8, 4) is 0 Å². The van der Waals surface area contributed by atoms with Gasteiger partial charge in [0.1, 0.15) is 6.04 Å². The van der Waals surface area contributed by atoms with E-state index in [2.05, 4.69) is 0 Å². The third-order valence-electron chi connectivity index (χ3n) is 2.22. The van der Waals surface area contributed by atoms with Crippen LogP contribution in [0.25, 0.3) is 0 Å². The summed E-state index contributed by atoms with van der Waals surface area (Å²) >= 11 is 0. The summed E-state index contributed by atoms with van der Waals surface area (Å²) in [6.07, 6.45) is -2.25. The van der Waals surface area contributed by atoms with Gasteiger partial charge in [0.05, 0.1) is 4.90 Å². The van der Waals surface area contributed by atoms with Crippen LogP contribution in [0.1, 0.15) is 13.3 Å². The van der Waals surface area contributed by atoms with E-state index >= 15 is 0 Å². The van der Waals surface area contributed by atoms with Crippen LogP contribution in [-0.2, 0) is 17.1 Å². The summed E-state index contributed by atoms with van der Waals surface area (Å²) in [6, 6.07) is -0.821. The van der Waals surface area contributed by atoms with Crippen LogP contribution in [0.3, 0.4) is 0 Å². The number of halogens is 3. The summed E-state index contributed by atoms with van der Waals surface area (Å²) in [5.41, 5.74) is 0. The average Bonchev–Trinajstić information content (AvgIpc) is 2.60. The highest BCUT2D eigenvalue weighted by atomic mass is 32.2. The molecule has 0 amide bonds. The van der Waals surface area contributed by atoms with Crippen molar-refractivity contribution in [2.45, 2.75) is 30.5 Å². The van der Waals surface area contributed by atoms with E-state index in [1.165, 1.54) is 30.0 Å². The fourth-order valence-electron chi connectivity index (χ4n) is 1.27. The number of rotatable bonds is 4. The normalized spacial score (nSPS) is 14.9. The van der Waals surface area contributed by atoms with Gasteiger partial charge in [0.15, 0.2) is 0 Å². The monoisotopic (exact) mass is 270 g/mol. The summed E-state index contributed by atoms with van der Waals surface area (Å²) in [5, 5.41) is 0. The van der Waals surface area contributed by atoms with Crippen LogP contribution in [-0.4, -0.2) is 25.2 Å². The van der Waals surface area contributed by atoms with Gasteiger partial charge in [0, 0.05) is 19.4 Å². The lowest BCUT2D eigenvalue weighted by atomic mass is 10.2. The summed E-state index contributed by atoms with van der Waals surface area (Å²) in [7, 11) is -2.54. The van der Waals surface area contributed by atoms with Gasteiger partial charge in [0.2, 0.25) is 10.0 Å². The maximum Gasteiger partial charge on any atom is 0.404 e. The highest BCUT2D eigenvalue weighted by molar-refractivity contribution is 7.89. The molecule has 1 heterocycles. The quantitative estimate of drug-likeness (QED) is 0.904. The Morgan fingerprint density at radius 3 is 2.41 bits per heavy atom. The van der Waals surface area contributed by atoms with Crippen molar-refractivity contribution in [1.82, 2.24) is 9.29 Å². The van der Waals surface area contributed by atoms with E-state index < -0.39 is 22.2 Å². The first-order valence-electron chi connectivity index (χ1n) is 4.88. The molecule has 4 nitrogen and oxygen atoms in total. The van der Waals surface area contributed by atoms with Gasteiger partial charge in [-0.3, -0.25) is 0 Å². The van der Waals surface area contributed by atoms with Crippen LogP contribution >= 0.6 is 0 Å². The topological polar surface area (TPSA) is 51.1 Å². The molecule has 1 atom stereocenters. The van der Waals surface area contributed by atoms with E-state index in [0.717, 1.165) is 0 Å². The molecule has 1 rings (SSSR count). The highest BCUT2D eigenvalue weighted by Crippen LogP contribution is 2.24. The summed E-state index contributed by atoms with van der Waals surface area (Å²) < 4.78 is 63.7. The molecule has 98 valence electrons. The fraction of sp³-hybridized carbons (Fsp3) is 0.556.